The Balaban J connectivity index is 1.69. The number of hydrogen-bond acceptors (Lipinski definition) is 3. The summed E-state index contributed by atoms with van der Waals surface area (Å²) >= 11 is 0. The minimum Gasteiger partial charge on any atom is -0.375 e. The summed E-state index contributed by atoms with van der Waals surface area (Å²) < 4.78 is 7.81. The van der Waals surface area contributed by atoms with Crippen molar-refractivity contribution in [3.63, 3.8) is 0 Å². The minimum atomic E-state index is -0.00937. The maximum Gasteiger partial charge on any atom is 0.0645 e. The van der Waals surface area contributed by atoms with E-state index in [4.69, 9.17) is 4.74 Å². The first-order chi connectivity index (χ1) is 11.1. The molecule has 0 saturated carbocycles. The van der Waals surface area contributed by atoms with Crippen LogP contribution in [0.3, 0.4) is 0 Å². The van der Waals surface area contributed by atoms with E-state index in [1.54, 1.807) is 0 Å². The van der Waals surface area contributed by atoms with E-state index in [1.165, 1.54) is 5.56 Å². The second-order valence-electron chi connectivity index (χ2n) is 6.95. The van der Waals surface area contributed by atoms with Crippen molar-refractivity contribution in [2.24, 2.45) is 0 Å². The molecule has 124 valence electrons. The predicted octanol–water partition coefficient (Wildman–Crippen LogP) is 3.65. The molecule has 1 fully saturated rings. The standard InChI is InChI=1S/C19H27N3O/c1-4-21(18-10-11-23-19(2,3)12-18)14-16-13-20-22(15-16)17-8-6-5-7-9-17/h5-9,13,15,18H,4,10-12,14H2,1-3H3. The van der Waals surface area contributed by atoms with Crippen LogP contribution in [-0.2, 0) is 11.3 Å². The van der Waals surface area contributed by atoms with Crippen LogP contribution in [0.25, 0.3) is 5.69 Å². The summed E-state index contributed by atoms with van der Waals surface area (Å²) in [6.07, 6.45) is 6.33. The fourth-order valence-corrected chi connectivity index (χ4v) is 3.41. The fraction of sp³-hybridized carbons (Fsp3) is 0.526. The number of nitrogens with zero attached hydrogens (tertiary/aromatic N) is 3. The zero-order chi connectivity index (χ0) is 16.3. The van der Waals surface area contributed by atoms with Gasteiger partial charge in [-0.15, -0.1) is 0 Å². The monoisotopic (exact) mass is 313 g/mol. The van der Waals surface area contributed by atoms with Crippen molar-refractivity contribution < 1.29 is 4.74 Å². The van der Waals surface area contributed by atoms with E-state index in [2.05, 4.69) is 49.1 Å². The predicted molar refractivity (Wildman–Crippen MR) is 92.7 cm³/mol. The van der Waals surface area contributed by atoms with Crippen LogP contribution < -0.4 is 0 Å². The van der Waals surface area contributed by atoms with E-state index in [0.29, 0.717) is 6.04 Å². The molecule has 0 N–H and O–H groups in total. The van der Waals surface area contributed by atoms with Gasteiger partial charge in [-0.3, -0.25) is 4.90 Å². The van der Waals surface area contributed by atoms with Gasteiger partial charge in [0, 0.05) is 31.0 Å². The van der Waals surface area contributed by atoms with Gasteiger partial charge in [-0.2, -0.15) is 5.10 Å². The van der Waals surface area contributed by atoms with Gasteiger partial charge in [-0.1, -0.05) is 25.1 Å². The van der Waals surface area contributed by atoms with Crippen molar-refractivity contribution in [1.82, 2.24) is 14.7 Å². The Hall–Kier alpha value is -1.65. The third-order valence-electron chi connectivity index (χ3n) is 4.64. The van der Waals surface area contributed by atoms with Crippen LogP contribution in [-0.4, -0.2) is 39.5 Å². The van der Waals surface area contributed by atoms with Gasteiger partial charge in [-0.25, -0.2) is 4.68 Å². The van der Waals surface area contributed by atoms with E-state index < -0.39 is 0 Å². The fourth-order valence-electron chi connectivity index (χ4n) is 3.41. The zero-order valence-electron chi connectivity index (χ0n) is 14.4. The Bertz CT molecular complexity index is 621. The molecule has 23 heavy (non-hydrogen) atoms. The molecular weight excluding hydrogens is 286 g/mol. The Kier molecular flexibility index (Phi) is 4.83. The molecule has 0 aliphatic carbocycles. The summed E-state index contributed by atoms with van der Waals surface area (Å²) in [6, 6.07) is 10.9. The van der Waals surface area contributed by atoms with Crippen LogP contribution in [0.15, 0.2) is 42.7 Å². The van der Waals surface area contributed by atoms with E-state index in [0.717, 1.165) is 38.2 Å². The van der Waals surface area contributed by atoms with Gasteiger partial charge in [0.15, 0.2) is 0 Å². The molecule has 0 spiro atoms. The molecule has 1 unspecified atom stereocenters. The second-order valence-corrected chi connectivity index (χ2v) is 6.95. The molecule has 4 heteroatoms. The highest BCUT2D eigenvalue weighted by Crippen LogP contribution is 2.28. The minimum absolute atomic E-state index is 0.00937. The molecule has 0 amide bonds. The first kappa shape index (κ1) is 16.2. The smallest absolute Gasteiger partial charge is 0.0645 e. The summed E-state index contributed by atoms with van der Waals surface area (Å²) in [5.41, 5.74) is 2.36. The molecule has 1 aliphatic heterocycles. The molecule has 0 bridgehead atoms. The lowest BCUT2D eigenvalue weighted by Crippen LogP contribution is -2.45. The van der Waals surface area contributed by atoms with Crippen LogP contribution in [0.1, 0.15) is 39.2 Å². The number of hydrogen-bond donors (Lipinski definition) is 0. The van der Waals surface area contributed by atoms with Crippen molar-refractivity contribution in [3.8, 4) is 5.69 Å². The average Bonchev–Trinajstić information content (AvgIpc) is 3.01. The maximum absolute atomic E-state index is 5.86. The Labute approximate surface area is 139 Å². The molecular formula is C19H27N3O. The van der Waals surface area contributed by atoms with Crippen LogP contribution in [0, 0.1) is 0 Å². The summed E-state index contributed by atoms with van der Waals surface area (Å²) in [6.45, 7) is 9.49. The summed E-state index contributed by atoms with van der Waals surface area (Å²) in [5, 5.41) is 4.51. The number of rotatable bonds is 5. The first-order valence-electron chi connectivity index (χ1n) is 8.54. The lowest BCUT2D eigenvalue weighted by Gasteiger charge is -2.40. The summed E-state index contributed by atoms with van der Waals surface area (Å²) in [5.74, 6) is 0. The molecule has 3 rings (SSSR count). The van der Waals surface area contributed by atoms with Crippen molar-refractivity contribution >= 4 is 0 Å². The van der Waals surface area contributed by atoms with Gasteiger partial charge in [-0.05, 0) is 45.4 Å². The highest BCUT2D eigenvalue weighted by atomic mass is 16.5. The van der Waals surface area contributed by atoms with Gasteiger partial charge in [0.25, 0.3) is 0 Å². The van der Waals surface area contributed by atoms with Crippen molar-refractivity contribution in [1.29, 1.82) is 0 Å². The van der Waals surface area contributed by atoms with Gasteiger partial charge >= 0.3 is 0 Å². The number of ether oxygens (including phenoxy) is 1. The second kappa shape index (κ2) is 6.85. The van der Waals surface area contributed by atoms with Crippen molar-refractivity contribution in [2.75, 3.05) is 13.2 Å². The zero-order valence-corrected chi connectivity index (χ0v) is 14.4. The third kappa shape index (κ3) is 4.01. The van der Waals surface area contributed by atoms with Gasteiger partial charge in [0.05, 0.1) is 17.5 Å². The first-order valence-corrected chi connectivity index (χ1v) is 8.54. The lowest BCUT2D eigenvalue weighted by atomic mass is 9.92. The van der Waals surface area contributed by atoms with Crippen LogP contribution in [0.4, 0.5) is 0 Å². The largest absolute Gasteiger partial charge is 0.375 e. The van der Waals surface area contributed by atoms with Gasteiger partial charge < -0.3 is 4.74 Å². The van der Waals surface area contributed by atoms with Crippen LogP contribution in [0.5, 0.6) is 0 Å². The molecule has 0 radical (unpaired) electrons. The Morgan fingerprint density at radius 1 is 1.30 bits per heavy atom. The molecule has 1 aliphatic rings. The average molecular weight is 313 g/mol. The highest BCUT2D eigenvalue weighted by molar-refractivity contribution is 5.30. The molecule has 1 aromatic heterocycles. The van der Waals surface area contributed by atoms with Gasteiger partial charge in [0.1, 0.15) is 0 Å². The molecule has 1 aromatic carbocycles. The lowest BCUT2D eigenvalue weighted by molar-refractivity contribution is -0.0838. The molecule has 4 nitrogen and oxygen atoms in total. The van der Waals surface area contributed by atoms with E-state index in [-0.39, 0.29) is 5.60 Å². The summed E-state index contributed by atoms with van der Waals surface area (Å²) in [4.78, 5) is 2.55. The number of benzene rings is 1. The van der Waals surface area contributed by atoms with Crippen molar-refractivity contribution in [3.05, 3.63) is 48.3 Å². The Morgan fingerprint density at radius 2 is 2.09 bits per heavy atom. The van der Waals surface area contributed by atoms with Crippen LogP contribution in [0.2, 0.25) is 0 Å². The topological polar surface area (TPSA) is 30.3 Å². The number of para-hydroxylation sites is 1. The van der Waals surface area contributed by atoms with E-state index >= 15 is 0 Å². The number of aromatic nitrogens is 2. The van der Waals surface area contributed by atoms with E-state index in [1.807, 2.05) is 29.1 Å². The van der Waals surface area contributed by atoms with Crippen molar-refractivity contribution in [2.45, 2.75) is 51.8 Å². The quantitative estimate of drug-likeness (QED) is 0.844. The Morgan fingerprint density at radius 3 is 2.78 bits per heavy atom. The molecule has 2 heterocycles. The van der Waals surface area contributed by atoms with Crippen LogP contribution >= 0.6 is 0 Å². The van der Waals surface area contributed by atoms with E-state index in [9.17, 15) is 0 Å². The SMILES string of the molecule is CCN(Cc1cnn(-c2ccccc2)c1)C1CCOC(C)(C)C1. The van der Waals surface area contributed by atoms with Gasteiger partial charge in [0.2, 0.25) is 0 Å². The maximum atomic E-state index is 5.86. The molecule has 1 saturated heterocycles. The molecule has 1 atom stereocenters. The summed E-state index contributed by atoms with van der Waals surface area (Å²) in [7, 11) is 0. The highest BCUT2D eigenvalue weighted by Gasteiger charge is 2.31. The normalized spacial score (nSPS) is 20.8. The molecule has 2 aromatic rings. The third-order valence-corrected chi connectivity index (χ3v) is 4.64.